The zero-order chi connectivity index (χ0) is 15.7. The number of benzene rings is 1. The van der Waals surface area contributed by atoms with E-state index in [0.717, 1.165) is 25.7 Å². The van der Waals surface area contributed by atoms with Crippen molar-refractivity contribution in [2.75, 3.05) is 0 Å². The topological polar surface area (TPSA) is 62.0 Å². The molecule has 0 aliphatic heterocycles. The van der Waals surface area contributed by atoms with Crippen LogP contribution in [0.2, 0.25) is 0 Å². The Labute approximate surface area is 127 Å². The van der Waals surface area contributed by atoms with Gasteiger partial charge in [-0.3, -0.25) is 0 Å². The van der Waals surface area contributed by atoms with Crippen LogP contribution in [0.4, 0.5) is 13.2 Å². The quantitative estimate of drug-likeness (QED) is 0.803. The first kappa shape index (κ1) is 15.4. The maximum atomic E-state index is 12.4. The van der Waals surface area contributed by atoms with Crippen LogP contribution in [0.5, 0.6) is 0 Å². The molecule has 2 aromatic rings. The molecule has 22 heavy (non-hydrogen) atoms. The van der Waals surface area contributed by atoms with E-state index in [2.05, 4.69) is 14.7 Å². The van der Waals surface area contributed by atoms with E-state index in [1.165, 1.54) is 0 Å². The number of nitrogens with zero attached hydrogens (tertiary/aromatic N) is 2. The summed E-state index contributed by atoms with van der Waals surface area (Å²) in [4.78, 5) is 4.00. The van der Waals surface area contributed by atoms with E-state index in [9.17, 15) is 17.7 Å². The van der Waals surface area contributed by atoms with E-state index in [1.807, 2.05) is 0 Å². The molecule has 1 aliphatic carbocycles. The lowest BCUT2D eigenvalue weighted by atomic mass is 10.2. The Morgan fingerprint density at radius 1 is 1.14 bits per heavy atom. The van der Waals surface area contributed by atoms with Gasteiger partial charge in [-0.15, -0.1) is 0 Å². The zero-order valence-electron chi connectivity index (χ0n) is 11.5. The summed E-state index contributed by atoms with van der Waals surface area (Å²) >= 11 is -1.08. The van der Waals surface area contributed by atoms with Crippen LogP contribution in [-0.2, 0) is 17.4 Å². The molecular formula is C14H13F3N2O2S. The third kappa shape index (κ3) is 3.12. The summed E-state index contributed by atoms with van der Waals surface area (Å²) in [5, 5.41) is 3.50. The van der Waals surface area contributed by atoms with Gasteiger partial charge in [-0.05, 0) is 61.1 Å². The molecule has 0 bridgehead atoms. The van der Waals surface area contributed by atoms with Crippen molar-refractivity contribution in [2.24, 2.45) is 0 Å². The highest BCUT2D eigenvalue weighted by Gasteiger charge is 2.38. The Morgan fingerprint density at radius 3 is 2.32 bits per heavy atom. The largest absolute Gasteiger partial charge is 0.611 e. The first-order chi connectivity index (χ1) is 10.4. The summed E-state index contributed by atoms with van der Waals surface area (Å²) in [7, 11) is 0. The number of aromatic nitrogens is 2. The van der Waals surface area contributed by atoms with Crippen LogP contribution in [0.25, 0.3) is 11.4 Å². The van der Waals surface area contributed by atoms with Gasteiger partial charge in [-0.2, -0.15) is 18.2 Å². The van der Waals surface area contributed by atoms with E-state index in [-0.39, 0.29) is 11.1 Å². The molecule has 0 spiro atoms. The van der Waals surface area contributed by atoms with Crippen molar-refractivity contribution in [1.82, 2.24) is 10.1 Å². The molecule has 4 nitrogen and oxygen atoms in total. The van der Waals surface area contributed by atoms with Gasteiger partial charge in [-0.1, -0.05) is 5.16 Å². The smallest absolute Gasteiger partial charge is 0.471 e. The number of halogens is 3. The molecule has 0 radical (unpaired) electrons. The van der Waals surface area contributed by atoms with Gasteiger partial charge in [0.15, 0.2) is 4.90 Å². The number of hydrogen-bond donors (Lipinski definition) is 0. The summed E-state index contributed by atoms with van der Waals surface area (Å²) in [6.45, 7) is 0. The minimum atomic E-state index is -4.66. The second-order valence-electron chi connectivity index (χ2n) is 5.15. The minimum absolute atomic E-state index is 0.134. The van der Waals surface area contributed by atoms with Crippen LogP contribution in [0.1, 0.15) is 31.6 Å². The van der Waals surface area contributed by atoms with Crippen LogP contribution in [0.3, 0.4) is 0 Å². The van der Waals surface area contributed by atoms with Gasteiger partial charge in [0.05, 0.1) is 0 Å². The van der Waals surface area contributed by atoms with Crippen molar-refractivity contribution in [3.8, 4) is 11.4 Å². The second-order valence-corrected chi connectivity index (χ2v) is 6.88. The summed E-state index contributed by atoms with van der Waals surface area (Å²) in [6.07, 6.45) is -0.563. The molecule has 0 N–H and O–H groups in total. The van der Waals surface area contributed by atoms with Crippen LogP contribution in [-0.4, -0.2) is 19.9 Å². The van der Waals surface area contributed by atoms with E-state index in [4.69, 9.17) is 0 Å². The van der Waals surface area contributed by atoms with Crippen molar-refractivity contribution >= 4 is 11.2 Å². The fourth-order valence-electron chi connectivity index (χ4n) is 2.49. The van der Waals surface area contributed by atoms with E-state index in [1.54, 1.807) is 24.3 Å². The van der Waals surface area contributed by atoms with Gasteiger partial charge in [0.2, 0.25) is 5.82 Å². The Bertz CT molecular complexity index is 636. The Morgan fingerprint density at radius 2 is 1.77 bits per heavy atom. The average molecular weight is 330 g/mol. The molecule has 8 heteroatoms. The SMILES string of the molecule is [O-][S+](c1ccc(-c2noc(C(F)(F)F)n2)cc1)C1CCCC1. The van der Waals surface area contributed by atoms with Crippen LogP contribution in [0.15, 0.2) is 33.7 Å². The highest BCUT2D eigenvalue weighted by atomic mass is 32.2. The van der Waals surface area contributed by atoms with Crippen molar-refractivity contribution < 1.29 is 22.2 Å². The lowest BCUT2D eigenvalue weighted by Crippen LogP contribution is -2.17. The van der Waals surface area contributed by atoms with Gasteiger partial charge in [0.25, 0.3) is 0 Å². The molecule has 1 aliphatic rings. The molecule has 0 amide bonds. The average Bonchev–Trinajstić information content (AvgIpc) is 3.17. The molecule has 1 aromatic heterocycles. The van der Waals surface area contributed by atoms with Crippen molar-refractivity contribution in [3.05, 3.63) is 30.2 Å². The van der Waals surface area contributed by atoms with E-state index in [0.29, 0.717) is 10.5 Å². The minimum Gasteiger partial charge on any atom is -0.611 e. The van der Waals surface area contributed by atoms with Gasteiger partial charge in [0, 0.05) is 5.56 Å². The predicted octanol–water partition coefficient (Wildman–Crippen LogP) is 3.81. The molecule has 1 unspecified atom stereocenters. The Hall–Kier alpha value is -1.54. The molecule has 1 fully saturated rings. The normalized spacial score (nSPS) is 17.8. The maximum absolute atomic E-state index is 12.4. The van der Waals surface area contributed by atoms with Crippen molar-refractivity contribution in [2.45, 2.75) is 42.0 Å². The highest BCUT2D eigenvalue weighted by molar-refractivity contribution is 7.92. The highest BCUT2D eigenvalue weighted by Crippen LogP contribution is 2.31. The van der Waals surface area contributed by atoms with Gasteiger partial charge < -0.3 is 9.08 Å². The molecule has 1 aromatic carbocycles. The lowest BCUT2D eigenvalue weighted by molar-refractivity contribution is -0.159. The van der Waals surface area contributed by atoms with Gasteiger partial charge in [-0.25, -0.2) is 0 Å². The molecule has 1 saturated carbocycles. The first-order valence-corrected chi connectivity index (χ1v) is 8.08. The fourth-order valence-corrected chi connectivity index (χ4v) is 4.04. The first-order valence-electron chi connectivity index (χ1n) is 6.87. The third-order valence-electron chi connectivity index (χ3n) is 3.62. The van der Waals surface area contributed by atoms with Crippen LogP contribution < -0.4 is 0 Å². The van der Waals surface area contributed by atoms with E-state index >= 15 is 0 Å². The number of alkyl halides is 3. The molecule has 3 rings (SSSR count). The van der Waals surface area contributed by atoms with Gasteiger partial charge >= 0.3 is 12.1 Å². The summed E-state index contributed by atoms with van der Waals surface area (Å²) in [6, 6.07) is 6.42. The third-order valence-corrected chi connectivity index (χ3v) is 5.43. The summed E-state index contributed by atoms with van der Waals surface area (Å²) in [5.41, 5.74) is 0.395. The lowest BCUT2D eigenvalue weighted by Gasteiger charge is -2.16. The summed E-state index contributed by atoms with van der Waals surface area (Å²) in [5.74, 6) is -1.51. The Kier molecular flexibility index (Phi) is 4.14. The molecule has 1 atom stereocenters. The predicted molar refractivity (Wildman–Crippen MR) is 73.4 cm³/mol. The molecule has 118 valence electrons. The zero-order valence-corrected chi connectivity index (χ0v) is 12.3. The van der Waals surface area contributed by atoms with Gasteiger partial charge in [0.1, 0.15) is 5.25 Å². The number of rotatable bonds is 3. The van der Waals surface area contributed by atoms with Crippen molar-refractivity contribution in [3.63, 3.8) is 0 Å². The summed E-state index contributed by atoms with van der Waals surface area (Å²) < 4.78 is 53.8. The number of hydrogen-bond acceptors (Lipinski definition) is 4. The van der Waals surface area contributed by atoms with E-state index < -0.39 is 23.2 Å². The van der Waals surface area contributed by atoms with Crippen LogP contribution in [0, 0.1) is 0 Å². The second kappa shape index (κ2) is 5.92. The monoisotopic (exact) mass is 330 g/mol. The molecule has 0 saturated heterocycles. The Balaban J connectivity index is 1.77. The molecular weight excluding hydrogens is 317 g/mol. The maximum Gasteiger partial charge on any atom is 0.471 e. The van der Waals surface area contributed by atoms with Crippen molar-refractivity contribution in [1.29, 1.82) is 0 Å². The fraction of sp³-hybridized carbons (Fsp3) is 0.429. The van der Waals surface area contributed by atoms with Crippen LogP contribution >= 0.6 is 0 Å². The standard InChI is InChI=1S/C14H13F3N2O2S/c15-14(16,17)13-18-12(19-21-13)9-5-7-11(8-6-9)22(20)10-3-1-2-4-10/h5-8,10H,1-4H2. The molecule has 1 heterocycles.